The Kier molecular flexibility index (Phi) is 3.21. The second kappa shape index (κ2) is 4.62. The number of anilines is 1. The molecular formula is C12H19N3. The average molecular weight is 205 g/mol. The fourth-order valence-electron chi connectivity index (χ4n) is 2.23. The van der Waals surface area contributed by atoms with Crippen LogP contribution in [0.15, 0.2) is 18.5 Å². The normalized spacial score (nSPS) is 21.7. The van der Waals surface area contributed by atoms with E-state index < -0.39 is 0 Å². The first-order valence-electron chi connectivity index (χ1n) is 5.71. The van der Waals surface area contributed by atoms with E-state index in [9.17, 15) is 0 Å². The highest BCUT2D eigenvalue weighted by atomic mass is 15.2. The van der Waals surface area contributed by atoms with Crippen molar-refractivity contribution in [2.45, 2.75) is 26.3 Å². The Morgan fingerprint density at radius 1 is 1.60 bits per heavy atom. The van der Waals surface area contributed by atoms with E-state index in [1.165, 1.54) is 17.7 Å². The van der Waals surface area contributed by atoms with Crippen LogP contribution >= 0.6 is 0 Å². The number of aromatic nitrogens is 1. The summed E-state index contributed by atoms with van der Waals surface area (Å²) in [7, 11) is 0. The lowest BCUT2D eigenvalue weighted by atomic mass is 10.1. The van der Waals surface area contributed by atoms with Gasteiger partial charge in [-0.2, -0.15) is 0 Å². The highest BCUT2D eigenvalue weighted by Crippen LogP contribution is 2.22. The van der Waals surface area contributed by atoms with E-state index in [0.717, 1.165) is 19.6 Å². The van der Waals surface area contributed by atoms with Gasteiger partial charge in [-0.3, -0.25) is 4.98 Å². The van der Waals surface area contributed by atoms with Crippen LogP contribution in [0, 0.1) is 6.92 Å². The number of pyridine rings is 1. The molecule has 82 valence electrons. The fourth-order valence-corrected chi connectivity index (χ4v) is 2.23. The first-order valence-corrected chi connectivity index (χ1v) is 5.71. The van der Waals surface area contributed by atoms with Crippen LogP contribution in [0.3, 0.4) is 0 Å². The van der Waals surface area contributed by atoms with Crippen molar-refractivity contribution in [1.82, 2.24) is 10.3 Å². The molecule has 1 unspecified atom stereocenters. The van der Waals surface area contributed by atoms with Crippen LogP contribution in [-0.4, -0.2) is 30.7 Å². The Labute approximate surface area is 91.5 Å². The molecule has 2 rings (SSSR count). The second-order valence-electron chi connectivity index (χ2n) is 4.12. The summed E-state index contributed by atoms with van der Waals surface area (Å²) >= 11 is 0. The van der Waals surface area contributed by atoms with Crippen molar-refractivity contribution in [1.29, 1.82) is 0 Å². The Morgan fingerprint density at radius 2 is 2.47 bits per heavy atom. The van der Waals surface area contributed by atoms with Crippen LogP contribution in [0.1, 0.15) is 18.9 Å². The molecule has 1 fully saturated rings. The molecule has 1 aromatic rings. The Balaban J connectivity index is 2.24. The van der Waals surface area contributed by atoms with E-state index in [4.69, 9.17) is 0 Å². The number of nitrogens with one attached hydrogen (secondary N) is 1. The molecule has 0 bridgehead atoms. The number of nitrogens with zero attached hydrogens (tertiary/aromatic N) is 2. The molecule has 0 radical (unpaired) electrons. The standard InChI is InChI=1S/C12H19N3/c1-3-11-9-14-6-7-15(11)12-4-5-13-8-10(12)2/h4-5,8,11,14H,3,6-7,9H2,1-2H3. The second-order valence-corrected chi connectivity index (χ2v) is 4.12. The summed E-state index contributed by atoms with van der Waals surface area (Å²) in [5.74, 6) is 0. The Hall–Kier alpha value is -1.09. The summed E-state index contributed by atoms with van der Waals surface area (Å²) in [4.78, 5) is 6.66. The fraction of sp³-hybridized carbons (Fsp3) is 0.583. The van der Waals surface area contributed by atoms with Crippen LogP contribution in [0.5, 0.6) is 0 Å². The van der Waals surface area contributed by atoms with Gasteiger partial charge in [-0.1, -0.05) is 6.92 Å². The maximum atomic E-state index is 4.15. The van der Waals surface area contributed by atoms with Gasteiger partial charge in [-0.15, -0.1) is 0 Å². The SMILES string of the molecule is CCC1CNCCN1c1ccncc1C. The lowest BCUT2D eigenvalue weighted by molar-refractivity contribution is 0.465. The molecule has 3 nitrogen and oxygen atoms in total. The van der Waals surface area contributed by atoms with Crippen molar-refractivity contribution < 1.29 is 0 Å². The molecule has 0 aromatic carbocycles. The quantitative estimate of drug-likeness (QED) is 0.794. The number of hydrogen-bond acceptors (Lipinski definition) is 3. The van der Waals surface area contributed by atoms with Gasteiger partial charge in [-0.25, -0.2) is 0 Å². The van der Waals surface area contributed by atoms with Crippen molar-refractivity contribution in [2.75, 3.05) is 24.5 Å². The third-order valence-electron chi connectivity index (χ3n) is 3.12. The zero-order valence-electron chi connectivity index (χ0n) is 9.53. The van der Waals surface area contributed by atoms with Crippen LogP contribution < -0.4 is 10.2 Å². The largest absolute Gasteiger partial charge is 0.366 e. The van der Waals surface area contributed by atoms with Crippen LogP contribution in [0.2, 0.25) is 0 Å². The molecule has 0 aliphatic carbocycles. The lowest BCUT2D eigenvalue weighted by Crippen LogP contribution is -2.51. The molecule has 3 heteroatoms. The van der Waals surface area contributed by atoms with Gasteiger partial charge >= 0.3 is 0 Å². The topological polar surface area (TPSA) is 28.2 Å². The highest BCUT2D eigenvalue weighted by molar-refractivity contribution is 5.52. The van der Waals surface area contributed by atoms with Crippen molar-refractivity contribution in [3.63, 3.8) is 0 Å². The van der Waals surface area contributed by atoms with Gasteiger partial charge in [0.1, 0.15) is 0 Å². The summed E-state index contributed by atoms with van der Waals surface area (Å²) < 4.78 is 0. The Bertz CT molecular complexity index is 324. The van der Waals surface area contributed by atoms with Gasteiger partial charge in [0.25, 0.3) is 0 Å². The maximum absolute atomic E-state index is 4.15. The summed E-state index contributed by atoms with van der Waals surface area (Å²) in [6, 6.07) is 2.75. The summed E-state index contributed by atoms with van der Waals surface area (Å²) in [5.41, 5.74) is 2.62. The van der Waals surface area contributed by atoms with Gasteiger partial charge in [-0.05, 0) is 25.0 Å². The lowest BCUT2D eigenvalue weighted by Gasteiger charge is -2.38. The molecule has 1 aromatic heterocycles. The molecule has 1 aliphatic rings. The van der Waals surface area contributed by atoms with E-state index >= 15 is 0 Å². The highest BCUT2D eigenvalue weighted by Gasteiger charge is 2.21. The minimum absolute atomic E-state index is 0.625. The molecule has 1 N–H and O–H groups in total. The smallest absolute Gasteiger partial charge is 0.0430 e. The average Bonchev–Trinajstić information content (AvgIpc) is 2.30. The first kappa shape index (κ1) is 10.4. The molecule has 1 aliphatic heterocycles. The van der Waals surface area contributed by atoms with Gasteiger partial charge in [0.05, 0.1) is 0 Å². The minimum atomic E-state index is 0.625. The zero-order chi connectivity index (χ0) is 10.7. The number of piperazine rings is 1. The molecule has 0 spiro atoms. The molecule has 15 heavy (non-hydrogen) atoms. The van der Waals surface area contributed by atoms with Gasteiger partial charge in [0.2, 0.25) is 0 Å². The van der Waals surface area contributed by atoms with Crippen molar-refractivity contribution >= 4 is 5.69 Å². The third-order valence-corrected chi connectivity index (χ3v) is 3.12. The van der Waals surface area contributed by atoms with Crippen molar-refractivity contribution in [3.8, 4) is 0 Å². The summed E-state index contributed by atoms with van der Waals surface area (Å²) in [6.07, 6.45) is 5.02. The van der Waals surface area contributed by atoms with Gasteiger partial charge < -0.3 is 10.2 Å². The van der Waals surface area contributed by atoms with E-state index in [1.807, 2.05) is 12.4 Å². The molecule has 0 saturated carbocycles. The number of aryl methyl sites for hydroxylation is 1. The molecule has 0 amide bonds. The third kappa shape index (κ3) is 2.12. The van der Waals surface area contributed by atoms with E-state index in [1.54, 1.807) is 0 Å². The predicted octanol–water partition coefficient (Wildman–Crippen LogP) is 1.58. The first-order chi connectivity index (χ1) is 7.33. The van der Waals surface area contributed by atoms with E-state index in [2.05, 4.69) is 35.1 Å². The maximum Gasteiger partial charge on any atom is 0.0430 e. The van der Waals surface area contributed by atoms with E-state index in [-0.39, 0.29) is 0 Å². The number of hydrogen-bond donors (Lipinski definition) is 1. The van der Waals surface area contributed by atoms with Crippen molar-refractivity contribution in [3.05, 3.63) is 24.0 Å². The molecule has 2 heterocycles. The van der Waals surface area contributed by atoms with Crippen molar-refractivity contribution in [2.24, 2.45) is 0 Å². The van der Waals surface area contributed by atoms with Crippen LogP contribution in [0.25, 0.3) is 0 Å². The predicted molar refractivity (Wildman–Crippen MR) is 63.3 cm³/mol. The zero-order valence-corrected chi connectivity index (χ0v) is 9.53. The van der Waals surface area contributed by atoms with Crippen LogP contribution in [-0.2, 0) is 0 Å². The molecule has 1 atom stereocenters. The minimum Gasteiger partial charge on any atom is -0.366 e. The summed E-state index contributed by atoms with van der Waals surface area (Å²) in [5, 5.41) is 3.45. The summed E-state index contributed by atoms with van der Waals surface area (Å²) in [6.45, 7) is 7.66. The molecular weight excluding hydrogens is 186 g/mol. The van der Waals surface area contributed by atoms with E-state index in [0.29, 0.717) is 6.04 Å². The Morgan fingerprint density at radius 3 is 3.20 bits per heavy atom. The monoisotopic (exact) mass is 205 g/mol. The van der Waals surface area contributed by atoms with Gasteiger partial charge in [0, 0.05) is 43.8 Å². The molecule has 1 saturated heterocycles. The van der Waals surface area contributed by atoms with Gasteiger partial charge in [0.15, 0.2) is 0 Å². The number of rotatable bonds is 2. The van der Waals surface area contributed by atoms with Crippen LogP contribution in [0.4, 0.5) is 5.69 Å².